The quantitative estimate of drug-likeness (QED) is 0.754. The summed E-state index contributed by atoms with van der Waals surface area (Å²) < 4.78 is 36.8. The van der Waals surface area contributed by atoms with Crippen molar-refractivity contribution in [3.8, 4) is 0 Å². The van der Waals surface area contributed by atoms with Gasteiger partial charge in [0.2, 0.25) is 10.0 Å². The molecular formula is C14H11FN4O3S. The summed E-state index contributed by atoms with van der Waals surface area (Å²) in [6.45, 7) is 0. The summed E-state index contributed by atoms with van der Waals surface area (Å²) in [5.41, 5.74) is 0.915. The number of amides is 1. The van der Waals surface area contributed by atoms with E-state index < -0.39 is 21.7 Å². The van der Waals surface area contributed by atoms with Gasteiger partial charge in [-0.15, -0.1) is 0 Å². The average Bonchev–Trinajstić information content (AvgIpc) is 2.90. The molecule has 0 fully saturated rings. The fourth-order valence-corrected chi connectivity index (χ4v) is 2.51. The molecule has 0 unspecified atom stereocenters. The highest BCUT2D eigenvalue weighted by atomic mass is 32.2. The highest BCUT2D eigenvalue weighted by molar-refractivity contribution is 7.89. The van der Waals surface area contributed by atoms with E-state index in [0.717, 1.165) is 0 Å². The first-order valence-corrected chi connectivity index (χ1v) is 7.96. The number of rotatable bonds is 3. The Bertz CT molecular complexity index is 997. The number of nitrogens with one attached hydrogen (secondary N) is 1. The molecule has 0 bridgehead atoms. The summed E-state index contributed by atoms with van der Waals surface area (Å²) in [6, 6.07) is 8.08. The monoisotopic (exact) mass is 334 g/mol. The fourth-order valence-electron chi connectivity index (χ4n) is 2.00. The number of nitrogens with zero attached hydrogens (tertiary/aromatic N) is 2. The summed E-state index contributed by atoms with van der Waals surface area (Å²) in [5.74, 6) is -0.946. The van der Waals surface area contributed by atoms with E-state index in [1.165, 1.54) is 53.2 Å². The summed E-state index contributed by atoms with van der Waals surface area (Å²) >= 11 is 0. The van der Waals surface area contributed by atoms with Crippen molar-refractivity contribution in [1.82, 2.24) is 9.38 Å². The minimum absolute atomic E-state index is 0.0568. The van der Waals surface area contributed by atoms with Gasteiger partial charge in [-0.25, -0.2) is 22.9 Å². The standard InChI is InChI=1S/C14H11FN4O3S/c15-9-1-6-13-18-12(8-19(13)7-9)14(20)17-10-2-4-11(5-3-10)23(16,21)22/h1-8H,(H,17,20)(H2,16,21,22). The first-order chi connectivity index (χ1) is 10.8. The number of carbonyl (C=O) groups is 1. The molecule has 1 amide bonds. The van der Waals surface area contributed by atoms with E-state index in [9.17, 15) is 17.6 Å². The van der Waals surface area contributed by atoms with Crippen LogP contribution in [0.4, 0.5) is 10.1 Å². The van der Waals surface area contributed by atoms with Gasteiger partial charge in [0.1, 0.15) is 17.2 Å². The SMILES string of the molecule is NS(=O)(=O)c1ccc(NC(=O)c2cn3cc(F)ccc3n2)cc1. The molecule has 0 radical (unpaired) electrons. The summed E-state index contributed by atoms with van der Waals surface area (Å²) in [4.78, 5) is 16.1. The molecule has 0 spiro atoms. The Balaban J connectivity index is 1.82. The number of benzene rings is 1. The molecule has 0 saturated carbocycles. The van der Waals surface area contributed by atoms with Crippen LogP contribution in [0, 0.1) is 5.82 Å². The zero-order valence-electron chi connectivity index (χ0n) is 11.6. The van der Waals surface area contributed by atoms with Crippen molar-refractivity contribution in [2.45, 2.75) is 4.90 Å². The Labute approximate surface area is 130 Å². The van der Waals surface area contributed by atoms with Gasteiger partial charge >= 0.3 is 0 Å². The molecule has 0 aliphatic rings. The van der Waals surface area contributed by atoms with Crippen molar-refractivity contribution in [2.75, 3.05) is 5.32 Å². The van der Waals surface area contributed by atoms with E-state index in [4.69, 9.17) is 5.14 Å². The lowest BCUT2D eigenvalue weighted by molar-refractivity contribution is 0.102. The van der Waals surface area contributed by atoms with Crippen LogP contribution in [0.3, 0.4) is 0 Å². The number of halogens is 1. The highest BCUT2D eigenvalue weighted by Crippen LogP contribution is 2.14. The second kappa shape index (κ2) is 5.45. The van der Waals surface area contributed by atoms with Crippen molar-refractivity contribution in [1.29, 1.82) is 0 Å². The number of hydrogen-bond donors (Lipinski definition) is 2. The maximum Gasteiger partial charge on any atom is 0.275 e. The van der Waals surface area contributed by atoms with Gasteiger partial charge in [-0.05, 0) is 36.4 Å². The molecule has 0 aliphatic heterocycles. The predicted molar refractivity (Wildman–Crippen MR) is 80.9 cm³/mol. The van der Waals surface area contributed by atoms with Crippen molar-refractivity contribution in [2.24, 2.45) is 5.14 Å². The largest absolute Gasteiger partial charge is 0.321 e. The van der Waals surface area contributed by atoms with Crippen LogP contribution in [0.15, 0.2) is 53.7 Å². The first kappa shape index (κ1) is 15.1. The Morgan fingerprint density at radius 3 is 2.48 bits per heavy atom. The molecule has 0 aliphatic carbocycles. The average molecular weight is 334 g/mol. The van der Waals surface area contributed by atoms with Gasteiger partial charge < -0.3 is 9.72 Å². The number of anilines is 1. The second-order valence-corrected chi connectivity index (χ2v) is 6.32. The molecule has 3 rings (SSSR count). The van der Waals surface area contributed by atoms with Gasteiger partial charge in [0.15, 0.2) is 0 Å². The third-order valence-electron chi connectivity index (χ3n) is 3.09. The second-order valence-electron chi connectivity index (χ2n) is 4.76. The Kier molecular flexibility index (Phi) is 3.58. The Morgan fingerprint density at radius 2 is 1.83 bits per heavy atom. The highest BCUT2D eigenvalue weighted by Gasteiger charge is 2.12. The molecule has 118 valence electrons. The van der Waals surface area contributed by atoms with Gasteiger partial charge in [-0.3, -0.25) is 4.79 Å². The normalized spacial score (nSPS) is 11.6. The molecule has 9 heteroatoms. The van der Waals surface area contributed by atoms with Crippen LogP contribution in [-0.2, 0) is 10.0 Å². The fraction of sp³-hybridized carbons (Fsp3) is 0. The van der Waals surface area contributed by atoms with E-state index in [0.29, 0.717) is 11.3 Å². The summed E-state index contributed by atoms with van der Waals surface area (Å²) in [7, 11) is -3.79. The molecule has 3 aromatic rings. The number of carbonyl (C=O) groups excluding carboxylic acids is 1. The van der Waals surface area contributed by atoms with Crippen molar-refractivity contribution in [3.63, 3.8) is 0 Å². The molecule has 2 aromatic heterocycles. The minimum Gasteiger partial charge on any atom is -0.321 e. The first-order valence-electron chi connectivity index (χ1n) is 6.41. The lowest BCUT2D eigenvalue weighted by atomic mass is 10.3. The molecule has 0 saturated heterocycles. The number of hydrogen-bond acceptors (Lipinski definition) is 4. The number of sulfonamides is 1. The number of pyridine rings is 1. The molecule has 23 heavy (non-hydrogen) atoms. The van der Waals surface area contributed by atoms with E-state index >= 15 is 0 Å². The molecule has 0 atom stereocenters. The Morgan fingerprint density at radius 1 is 1.13 bits per heavy atom. The van der Waals surface area contributed by atoms with Crippen LogP contribution < -0.4 is 10.5 Å². The third-order valence-corrected chi connectivity index (χ3v) is 4.02. The zero-order valence-corrected chi connectivity index (χ0v) is 12.4. The van der Waals surface area contributed by atoms with Crippen LogP contribution in [0.25, 0.3) is 5.65 Å². The van der Waals surface area contributed by atoms with Crippen LogP contribution in [0.1, 0.15) is 10.5 Å². The maximum atomic E-state index is 13.1. The van der Waals surface area contributed by atoms with Gasteiger partial charge in [0.25, 0.3) is 5.91 Å². The van der Waals surface area contributed by atoms with Gasteiger partial charge in [0, 0.05) is 18.1 Å². The molecule has 7 nitrogen and oxygen atoms in total. The lowest BCUT2D eigenvalue weighted by Crippen LogP contribution is -2.14. The minimum atomic E-state index is -3.79. The molecule has 3 N–H and O–H groups in total. The number of imidazole rings is 1. The van der Waals surface area contributed by atoms with Gasteiger partial charge in [-0.1, -0.05) is 0 Å². The van der Waals surface area contributed by atoms with E-state index in [-0.39, 0.29) is 10.6 Å². The zero-order chi connectivity index (χ0) is 16.6. The van der Waals surface area contributed by atoms with E-state index in [1.54, 1.807) is 0 Å². The number of nitrogens with two attached hydrogens (primary N) is 1. The summed E-state index contributed by atoms with van der Waals surface area (Å²) in [6.07, 6.45) is 2.60. The van der Waals surface area contributed by atoms with Crippen LogP contribution in [0.2, 0.25) is 0 Å². The smallest absolute Gasteiger partial charge is 0.275 e. The third kappa shape index (κ3) is 3.20. The van der Waals surface area contributed by atoms with Crippen LogP contribution in [0.5, 0.6) is 0 Å². The summed E-state index contributed by atoms with van der Waals surface area (Å²) in [5, 5.41) is 7.56. The number of primary sulfonamides is 1. The molecule has 1 aromatic carbocycles. The van der Waals surface area contributed by atoms with E-state index in [1.807, 2.05) is 0 Å². The van der Waals surface area contributed by atoms with Gasteiger partial charge in [-0.2, -0.15) is 0 Å². The van der Waals surface area contributed by atoms with Crippen molar-refractivity contribution >= 4 is 27.3 Å². The Hall–Kier alpha value is -2.78. The van der Waals surface area contributed by atoms with Crippen molar-refractivity contribution in [3.05, 3.63) is 60.3 Å². The van der Waals surface area contributed by atoms with Crippen molar-refractivity contribution < 1.29 is 17.6 Å². The number of aromatic nitrogens is 2. The maximum absolute atomic E-state index is 13.1. The van der Waals surface area contributed by atoms with Gasteiger partial charge in [0.05, 0.1) is 4.90 Å². The molecular weight excluding hydrogens is 323 g/mol. The number of fused-ring (bicyclic) bond motifs is 1. The van der Waals surface area contributed by atoms with Crippen LogP contribution >= 0.6 is 0 Å². The predicted octanol–water partition coefficient (Wildman–Crippen LogP) is 1.37. The van der Waals surface area contributed by atoms with Crippen LogP contribution in [-0.4, -0.2) is 23.7 Å². The van der Waals surface area contributed by atoms with E-state index in [2.05, 4.69) is 10.3 Å². The topological polar surface area (TPSA) is 107 Å². The lowest BCUT2D eigenvalue weighted by Gasteiger charge is -2.04. The molecule has 2 heterocycles.